The van der Waals surface area contributed by atoms with Crippen LogP contribution in [0.5, 0.6) is 0 Å². The minimum Gasteiger partial charge on any atom is -0.388 e. The fourth-order valence-electron chi connectivity index (χ4n) is 3.87. The second-order valence-electron chi connectivity index (χ2n) is 7.85. The molecule has 0 bridgehead atoms. The van der Waals surface area contributed by atoms with Gasteiger partial charge in [0, 0.05) is 5.56 Å². The third kappa shape index (κ3) is 3.76. The number of halogens is 3. The third-order valence-electron chi connectivity index (χ3n) is 5.29. The molecule has 2 aromatic rings. The summed E-state index contributed by atoms with van der Waals surface area (Å²) < 4.78 is 59.5. The number of benzene rings is 1. The summed E-state index contributed by atoms with van der Waals surface area (Å²) >= 11 is 0. The van der Waals surface area contributed by atoms with E-state index in [1.165, 1.54) is 10.9 Å². The predicted molar refractivity (Wildman–Crippen MR) is 98.8 cm³/mol. The average Bonchev–Trinajstić information content (AvgIpc) is 3.16. The molecular formula is C20H22F3N3O4. The zero-order chi connectivity index (χ0) is 21.6. The number of nitrogens with zero attached hydrogens (tertiary/aromatic N) is 3. The average molecular weight is 425 g/mol. The molecule has 2 saturated heterocycles. The van der Waals surface area contributed by atoms with Gasteiger partial charge in [0.05, 0.1) is 18.9 Å². The fraction of sp³-hybridized carbons (Fsp3) is 0.500. The van der Waals surface area contributed by atoms with E-state index in [2.05, 4.69) is 16.9 Å². The molecule has 2 aliphatic heterocycles. The van der Waals surface area contributed by atoms with Crippen LogP contribution in [0.15, 0.2) is 31.0 Å². The van der Waals surface area contributed by atoms with Gasteiger partial charge in [0.25, 0.3) is 0 Å². The molecule has 0 amide bonds. The first-order valence-corrected chi connectivity index (χ1v) is 9.53. The van der Waals surface area contributed by atoms with Crippen LogP contribution in [0.2, 0.25) is 0 Å². The van der Waals surface area contributed by atoms with Crippen molar-refractivity contribution in [1.82, 2.24) is 15.0 Å². The van der Waals surface area contributed by atoms with Gasteiger partial charge in [-0.25, -0.2) is 17.9 Å². The number of aliphatic hydroxyl groups excluding tert-OH is 1. The summed E-state index contributed by atoms with van der Waals surface area (Å²) in [5, 5.41) is 19.0. The van der Waals surface area contributed by atoms with Gasteiger partial charge in [-0.1, -0.05) is 11.3 Å². The molecule has 30 heavy (non-hydrogen) atoms. The molecule has 0 aliphatic carbocycles. The summed E-state index contributed by atoms with van der Waals surface area (Å²) in [5.74, 6) is -5.11. The highest BCUT2D eigenvalue weighted by Crippen LogP contribution is 2.39. The van der Waals surface area contributed by atoms with Crippen LogP contribution in [0.3, 0.4) is 0 Å². The molecule has 1 N–H and O–H groups in total. The highest BCUT2D eigenvalue weighted by Gasteiger charge is 2.51. The standard InChI is InChI=1S/C20H22F3N3O4/c1-4-5-14-18(27)17(19-15(29-14)9-28-20(2,3)30-19)26-8-13(24-25-26)10-6-11(21)16(23)12(22)7-10/h4,6-8,14-15,17-19,27H,1,5,9H2,2-3H3/t14-,15-,17?,18+,19+/m1/s1. The number of fused-ring (bicyclic) bond motifs is 1. The number of hydrogen-bond acceptors (Lipinski definition) is 6. The van der Waals surface area contributed by atoms with Crippen molar-refractivity contribution in [3.8, 4) is 11.3 Å². The van der Waals surface area contributed by atoms with E-state index in [1.807, 2.05) is 0 Å². The van der Waals surface area contributed by atoms with Gasteiger partial charge in [-0.2, -0.15) is 0 Å². The number of ether oxygens (including phenoxy) is 3. The molecular weight excluding hydrogens is 403 g/mol. The Morgan fingerprint density at radius 1 is 1.30 bits per heavy atom. The largest absolute Gasteiger partial charge is 0.388 e. The number of aliphatic hydroxyl groups is 1. The Morgan fingerprint density at radius 3 is 2.67 bits per heavy atom. The van der Waals surface area contributed by atoms with Gasteiger partial charge in [-0.15, -0.1) is 11.7 Å². The monoisotopic (exact) mass is 425 g/mol. The van der Waals surface area contributed by atoms with Crippen LogP contribution in [0, 0.1) is 17.5 Å². The summed E-state index contributed by atoms with van der Waals surface area (Å²) in [6, 6.07) is 0.975. The van der Waals surface area contributed by atoms with Gasteiger partial charge >= 0.3 is 0 Å². The minimum absolute atomic E-state index is 0.0200. The Kier molecular flexibility index (Phi) is 5.43. The van der Waals surface area contributed by atoms with Crippen molar-refractivity contribution in [2.75, 3.05) is 6.61 Å². The van der Waals surface area contributed by atoms with Gasteiger partial charge < -0.3 is 19.3 Å². The minimum atomic E-state index is -1.56. The quantitative estimate of drug-likeness (QED) is 0.600. The zero-order valence-electron chi connectivity index (χ0n) is 16.5. The van der Waals surface area contributed by atoms with Crippen molar-refractivity contribution in [3.63, 3.8) is 0 Å². The van der Waals surface area contributed by atoms with Gasteiger partial charge in [-0.3, -0.25) is 0 Å². The maximum atomic E-state index is 13.6. The summed E-state index contributed by atoms with van der Waals surface area (Å²) in [6.07, 6.45) is 0.784. The molecule has 3 heterocycles. The maximum Gasteiger partial charge on any atom is 0.194 e. The maximum absolute atomic E-state index is 13.6. The molecule has 1 aromatic heterocycles. The van der Waals surface area contributed by atoms with E-state index in [0.29, 0.717) is 6.42 Å². The van der Waals surface area contributed by atoms with Gasteiger partial charge in [0.15, 0.2) is 23.2 Å². The number of aromatic nitrogens is 3. The van der Waals surface area contributed by atoms with E-state index in [-0.39, 0.29) is 17.9 Å². The Labute approximate surface area is 171 Å². The van der Waals surface area contributed by atoms with Gasteiger partial charge in [0.1, 0.15) is 30.0 Å². The van der Waals surface area contributed by atoms with Gasteiger partial charge in [-0.05, 0) is 32.4 Å². The lowest BCUT2D eigenvalue weighted by Gasteiger charge is -2.50. The molecule has 162 valence electrons. The van der Waals surface area contributed by atoms with Crippen LogP contribution in [0.4, 0.5) is 13.2 Å². The summed E-state index contributed by atoms with van der Waals surface area (Å²) in [6.45, 7) is 7.44. The fourth-order valence-corrected chi connectivity index (χ4v) is 3.87. The van der Waals surface area contributed by atoms with Crippen molar-refractivity contribution in [2.45, 2.75) is 56.5 Å². The summed E-state index contributed by atoms with van der Waals surface area (Å²) in [5.41, 5.74) is 0.140. The molecule has 7 nitrogen and oxygen atoms in total. The molecule has 10 heteroatoms. The topological polar surface area (TPSA) is 78.6 Å². The highest BCUT2D eigenvalue weighted by atomic mass is 19.2. The van der Waals surface area contributed by atoms with E-state index in [4.69, 9.17) is 14.2 Å². The number of hydrogen-bond donors (Lipinski definition) is 1. The Morgan fingerprint density at radius 2 is 2.00 bits per heavy atom. The first-order valence-electron chi connectivity index (χ1n) is 9.53. The predicted octanol–water partition coefficient (Wildman–Crippen LogP) is 2.76. The first kappa shape index (κ1) is 21.0. The molecule has 5 atom stereocenters. The Bertz CT molecular complexity index is 928. The Hall–Kier alpha value is -2.27. The zero-order valence-corrected chi connectivity index (χ0v) is 16.5. The molecule has 2 fully saturated rings. The van der Waals surface area contributed by atoms with Crippen LogP contribution >= 0.6 is 0 Å². The smallest absolute Gasteiger partial charge is 0.194 e. The summed E-state index contributed by atoms with van der Waals surface area (Å²) in [7, 11) is 0. The molecule has 0 radical (unpaired) electrons. The normalized spacial score (nSPS) is 30.7. The molecule has 0 spiro atoms. The van der Waals surface area contributed by atoms with Crippen LogP contribution in [0.25, 0.3) is 11.3 Å². The van der Waals surface area contributed by atoms with E-state index < -0.39 is 53.7 Å². The number of rotatable bonds is 4. The first-order chi connectivity index (χ1) is 14.2. The second kappa shape index (κ2) is 7.77. The van der Waals surface area contributed by atoms with Crippen LogP contribution < -0.4 is 0 Å². The van der Waals surface area contributed by atoms with Crippen LogP contribution in [-0.2, 0) is 14.2 Å². The lowest BCUT2D eigenvalue weighted by Crippen LogP contribution is -2.62. The lowest BCUT2D eigenvalue weighted by atomic mass is 9.90. The van der Waals surface area contributed by atoms with E-state index in [9.17, 15) is 18.3 Å². The molecule has 0 saturated carbocycles. The van der Waals surface area contributed by atoms with Crippen molar-refractivity contribution < 1.29 is 32.5 Å². The molecule has 1 unspecified atom stereocenters. The molecule has 1 aromatic carbocycles. The van der Waals surface area contributed by atoms with Crippen molar-refractivity contribution in [2.24, 2.45) is 0 Å². The van der Waals surface area contributed by atoms with Crippen molar-refractivity contribution in [1.29, 1.82) is 0 Å². The van der Waals surface area contributed by atoms with Gasteiger partial charge in [0.2, 0.25) is 0 Å². The third-order valence-corrected chi connectivity index (χ3v) is 5.29. The van der Waals surface area contributed by atoms with E-state index in [0.717, 1.165) is 12.1 Å². The Balaban J connectivity index is 1.70. The van der Waals surface area contributed by atoms with Crippen LogP contribution in [0.1, 0.15) is 26.3 Å². The van der Waals surface area contributed by atoms with Crippen LogP contribution in [-0.4, -0.2) is 56.9 Å². The summed E-state index contributed by atoms with van der Waals surface area (Å²) in [4.78, 5) is 0. The van der Waals surface area contributed by atoms with E-state index >= 15 is 0 Å². The molecule has 4 rings (SSSR count). The lowest BCUT2D eigenvalue weighted by molar-refractivity contribution is -0.348. The second-order valence-corrected chi connectivity index (χ2v) is 7.85. The highest BCUT2D eigenvalue weighted by molar-refractivity contribution is 5.57. The van der Waals surface area contributed by atoms with Crippen molar-refractivity contribution >= 4 is 0 Å². The SMILES string of the molecule is C=CC[C@H]1O[C@@H]2COC(C)(C)O[C@@H]2C(n2cc(-c3cc(F)c(F)c(F)c3)nn2)[C@H]1O. The molecule has 2 aliphatic rings. The van der Waals surface area contributed by atoms with E-state index in [1.54, 1.807) is 19.9 Å². The van der Waals surface area contributed by atoms with Crippen molar-refractivity contribution in [3.05, 3.63) is 48.4 Å².